The second-order valence-corrected chi connectivity index (χ2v) is 11.6. The number of anilines is 1. The maximum absolute atomic E-state index is 13.1. The van der Waals surface area contributed by atoms with Gasteiger partial charge in [0.2, 0.25) is 11.8 Å². The van der Waals surface area contributed by atoms with E-state index in [4.69, 9.17) is 4.37 Å². The van der Waals surface area contributed by atoms with E-state index in [-0.39, 0.29) is 29.6 Å². The molecule has 2 aromatic rings. The van der Waals surface area contributed by atoms with Gasteiger partial charge in [0, 0.05) is 56.5 Å². The topological polar surface area (TPSA) is 56.8 Å². The number of carbonyl (C=O) groups excluding carboxylic acids is 2. The van der Waals surface area contributed by atoms with Gasteiger partial charge in [-0.2, -0.15) is 4.37 Å². The molecule has 5 aliphatic rings. The Morgan fingerprint density at radius 1 is 0.939 bits per heavy atom. The highest BCUT2D eigenvalue weighted by Gasteiger charge is 2.61. The van der Waals surface area contributed by atoms with Crippen molar-refractivity contribution in [2.45, 2.75) is 19.3 Å². The van der Waals surface area contributed by atoms with Gasteiger partial charge in [-0.15, -0.1) is 0 Å². The van der Waals surface area contributed by atoms with Gasteiger partial charge in [-0.05, 0) is 54.8 Å². The van der Waals surface area contributed by atoms with Crippen molar-refractivity contribution in [2.24, 2.45) is 35.5 Å². The molecule has 172 valence electrons. The molecule has 2 bridgehead atoms. The molecule has 6 nitrogen and oxygen atoms in total. The first-order valence-corrected chi connectivity index (χ1v) is 13.2. The van der Waals surface area contributed by atoms with Gasteiger partial charge in [0.25, 0.3) is 0 Å². The van der Waals surface area contributed by atoms with Gasteiger partial charge in [0.05, 0.1) is 16.5 Å². The molecule has 7 heteroatoms. The largest absolute Gasteiger partial charge is 0.353 e. The van der Waals surface area contributed by atoms with Crippen LogP contribution >= 0.6 is 11.5 Å². The molecule has 2 amide bonds. The van der Waals surface area contributed by atoms with E-state index in [1.54, 1.807) is 16.4 Å². The highest BCUT2D eigenvalue weighted by Crippen LogP contribution is 2.57. The third-order valence-corrected chi connectivity index (χ3v) is 10.0. The minimum atomic E-state index is -0.00316. The monoisotopic (exact) mass is 462 g/mol. The summed E-state index contributed by atoms with van der Waals surface area (Å²) in [6.07, 6.45) is 3.38. The summed E-state index contributed by atoms with van der Waals surface area (Å²) >= 11 is 1.58. The van der Waals surface area contributed by atoms with Crippen LogP contribution in [0.5, 0.6) is 0 Å². The molecule has 1 aromatic carbocycles. The first-order valence-electron chi connectivity index (χ1n) is 12.5. The molecular weight excluding hydrogens is 432 g/mol. The van der Waals surface area contributed by atoms with Crippen LogP contribution in [0.1, 0.15) is 19.3 Å². The Morgan fingerprint density at radius 2 is 1.61 bits per heavy atom. The van der Waals surface area contributed by atoms with E-state index < -0.39 is 0 Å². The first kappa shape index (κ1) is 20.2. The van der Waals surface area contributed by atoms with E-state index in [0.29, 0.717) is 24.3 Å². The van der Waals surface area contributed by atoms with E-state index in [1.165, 1.54) is 15.7 Å². The van der Waals surface area contributed by atoms with Crippen molar-refractivity contribution in [2.75, 3.05) is 44.2 Å². The molecule has 6 atom stereocenters. The van der Waals surface area contributed by atoms with Crippen LogP contribution in [0.15, 0.2) is 36.4 Å². The molecular formula is C26H30N4O2S. The number of piperazine rings is 1. The molecule has 0 radical (unpaired) electrons. The molecule has 0 spiro atoms. The normalized spacial score (nSPS) is 35.8. The van der Waals surface area contributed by atoms with Gasteiger partial charge < -0.3 is 4.90 Å². The summed E-state index contributed by atoms with van der Waals surface area (Å²) in [5.41, 5.74) is 1.23. The average molecular weight is 463 g/mol. The van der Waals surface area contributed by atoms with Crippen LogP contribution in [0.3, 0.4) is 0 Å². The fourth-order valence-corrected chi connectivity index (χ4v) is 8.10. The average Bonchev–Trinajstić information content (AvgIpc) is 3.36. The number of imide groups is 1. The molecule has 3 heterocycles. The number of hydrogen-bond acceptors (Lipinski definition) is 6. The Labute approximate surface area is 198 Å². The lowest BCUT2D eigenvalue weighted by atomic mass is 9.81. The molecule has 33 heavy (non-hydrogen) atoms. The number of nitrogens with zero attached hydrogens (tertiary/aromatic N) is 4. The molecule has 3 aliphatic carbocycles. The van der Waals surface area contributed by atoms with E-state index in [1.807, 2.05) is 0 Å². The van der Waals surface area contributed by atoms with Crippen LogP contribution < -0.4 is 4.90 Å². The quantitative estimate of drug-likeness (QED) is 0.504. The van der Waals surface area contributed by atoms with Gasteiger partial charge in [-0.25, -0.2) is 0 Å². The van der Waals surface area contributed by atoms with Crippen LogP contribution in [0, 0.1) is 35.5 Å². The summed E-state index contributed by atoms with van der Waals surface area (Å²) in [6.45, 7) is 9.83. The second kappa shape index (κ2) is 7.37. The third-order valence-electron chi connectivity index (χ3n) is 9.21. The van der Waals surface area contributed by atoms with Crippen molar-refractivity contribution in [1.82, 2.24) is 14.2 Å². The zero-order chi connectivity index (χ0) is 22.3. The number of carbonyl (C=O) groups is 2. The van der Waals surface area contributed by atoms with Crippen molar-refractivity contribution < 1.29 is 9.59 Å². The van der Waals surface area contributed by atoms with Crippen molar-refractivity contribution in [3.8, 4) is 0 Å². The third kappa shape index (κ3) is 3.04. The Bertz CT molecular complexity index is 1120. The highest BCUT2D eigenvalue weighted by molar-refractivity contribution is 7.13. The summed E-state index contributed by atoms with van der Waals surface area (Å²) < 4.78 is 5.96. The first-order chi connectivity index (χ1) is 16.1. The van der Waals surface area contributed by atoms with Gasteiger partial charge in [-0.3, -0.25) is 19.4 Å². The number of aromatic nitrogens is 1. The van der Waals surface area contributed by atoms with E-state index >= 15 is 0 Å². The summed E-state index contributed by atoms with van der Waals surface area (Å²) in [5, 5.41) is 1.25. The number of benzene rings is 1. The predicted octanol–water partition coefficient (Wildman–Crippen LogP) is 3.25. The lowest BCUT2D eigenvalue weighted by molar-refractivity contribution is -0.141. The number of hydrogen-bond donors (Lipinski definition) is 0. The summed E-state index contributed by atoms with van der Waals surface area (Å²) in [7, 11) is 0. The molecule has 2 aliphatic heterocycles. The van der Waals surface area contributed by atoms with Crippen molar-refractivity contribution in [3.63, 3.8) is 0 Å². The van der Waals surface area contributed by atoms with Gasteiger partial charge in [-0.1, -0.05) is 24.3 Å². The van der Waals surface area contributed by atoms with Crippen molar-refractivity contribution in [1.29, 1.82) is 0 Å². The molecule has 5 unspecified atom stereocenters. The maximum atomic E-state index is 13.1. The Balaban J connectivity index is 0.955. The van der Waals surface area contributed by atoms with E-state index in [9.17, 15) is 9.59 Å². The van der Waals surface area contributed by atoms with Crippen LogP contribution in [-0.2, 0) is 9.59 Å². The fourth-order valence-electron chi connectivity index (χ4n) is 7.30. The molecule has 7 rings (SSSR count). The van der Waals surface area contributed by atoms with Crippen LogP contribution in [-0.4, -0.2) is 65.3 Å². The lowest BCUT2D eigenvalue weighted by Crippen LogP contribution is -2.47. The summed E-state index contributed by atoms with van der Waals surface area (Å²) in [4.78, 5) is 32.6. The lowest BCUT2D eigenvalue weighted by Gasteiger charge is -2.35. The number of likely N-dealkylation sites (tertiary alicyclic amines) is 1. The van der Waals surface area contributed by atoms with Gasteiger partial charge >= 0.3 is 0 Å². The predicted molar refractivity (Wildman–Crippen MR) is 129 cm³/mol. The van der Waals surface area contributed by atoms with E-state index in [2.05, 4.69) is 40.6 Å². The van der Waals surface area contributed by atoms with Crippen LogP contribution in [0.25, 0.3) is 10.1 Å². The van der Waals surface area contributed by atoms with Gasteiger partial charge in [0.15, 0.2) is 0 Å². The molecule has 5 fully saturated rings. The minimum Gasteiger partial charge on any atom is -0.353 e. The zero-order valence-electron chi connectivity index (χ0n) is 18.9. The number of amides is 2. The highest BCUT2D eigenvalue weighted by atomic mass is 32.1. The Morgan fingerprint density at radius 3 is 2.33 bits per heavy atom. The molecule has 2 saturated heterocycles. The zero-order valence-corrected chi connectivity index (χ0v) is 19.7. The van der Waals surface area contributed by atoms with Crippen molar-refractivity contribution in [3.05, 3.63) is 36.4 Å². The van der Waals surface area contributed by atoms with Crippen LogP contribution in [0.4, 0.5) is 5.82 Å². The molecule has 0 N–H and O–H groups in total. The smallest absolute Gasteiger partial charge is 0.233 e. The van der Waals surface area contributed by atoms with Gasteiger partial charge in [0.1, 0.15) is 5.82 Å². The second-order valence-electron chi connectivity index (χ2n) is 10.7. The standard InChI is InChI=1S/C26H30N4O2S/c1-15-19(20(15)14-30-25(31)22-16-6-7-17(12-16)23(22)26(30)32)13-28-8-10-29(11-9-28)24-18-4-2-3-5-21(18)33-27-24/h2-5,16-17,19-20,22-23H,1,6-14H2/t16?,17?,19?,20-,22?,23?/m0/s1. The van der Waals surface area contributed by atoms with Crippen LogP contribution in [0.2, 0.25) is 0 Å². The summed E-state index contributed by atoms with van der Waals surface area (Å²) in [5.74, 6) is 2.99. The SMILES string of the molecule is C=C1C(CN2CCN(c3nsc4ccccc34)CC2)[C@H]1CN1C(=O)C2C3CCC(C3)C2C1=O. The number of rotatable bonds is 5. The number of fused-ring (bicyclic) bond motifs is 6. The minimum absolute atomic E-state index is 0.00316. The molecule has 3 saturated carbocycles. The van der Waals surface area contributed by atoms with E-state index in [0.717, 1.165) is 57.8 Å². The Kier molecular flexibility index (Phi) is 4.50. The molecule has 1 aromatic heterocycles. The Hall–Kier alpha value is -2.25. The van der Waals surface area contributed by atoms with Crippen molar-refractivity contribution >= 4 is 39.3 Å². The fraction of sp³-hybridized carbons (Fsp3) is 0.577. The summed E-state index contributed by atoms with van der Waals surface area (Å²) in [6, 6.07) is 8.46. The maximum Gasteiger partial charge on any atom is 0.233 e.